The number of nitrogens with two attached hydrogens (primary N) is 1. The second-order valence-electron chi connectivity index (χ2n) is 4.19. The Morgan fingerprint density at radius 3 is 2.11 bits per heavy atom. The van der Waals surface area contributed by atoms with Crippen LogP contribution in [-0.2, 0) is 0 Å². The van der Waals surface area contributed by atoms with Crippen molar-refractivity contribution < 1.29 is 9.47 Å². The van der Waals surface area contributed by atoms with Crippen molar-refractivity contribution in [2.24, 2.45) is 5.73 Å². The number of hydrogen-bond donors (Lipinski definition) is 1. The summed E-state index contributed by atoms with van der Waals surface area (Å²) in [6.45, 7) is 2.07. The molecule has 5 heteroatoms. The van der Waals surface area contributed by atoms with E-state index < -0.39 is 0 Å². The second kappa shape index (κ2) is 5.94. The summed E-state index contributed by atoms with van der Waals surface area (Å²) in [6, 6.07) is 7.60. The van der Waals surface area contributed by atoms with Gasteiger partial charge in [0, 0.05) is 10.9 Å². The molecule has 2 N–H and O–H groups in total. The van der Waals surface area contributed by atoms with Crippen molar-refractivity contribution in [1.82, 2.24) is 0 Å². The van der Waals surface area contributed by atoms with Gasteiger partial charge >= 0.3 is 0 Å². The van der Waals surface area contributed by atoms with Crippen LogP contribution in [0.15, 0.2) is 28.1 Å². The van der Waals surface area contributed by atoms with E-state index in [2.05, 4.69) is 28.9 Å². The topological polar surface area (TPSA) is 44.5 Å². The highest BCUT2D eigenvalue weighted by Gasteiger charge is 2.16. The molecule has 0 aliphatic heterocycles. The van der Waals surface area contributed by atoms with E-state index in [0.717, 1.165) is 26.4 Å². The molecule has 102 valence electrons. The zero-order valence-corrected chi connectivity index (χ0v) is 13.5. The van der Waals surface area contributed by atoms with Gasteiger partial charge in [0.1, 0.15) is 11.5 Å². The van der Waals surface area contributed by atoms with Crippen LogP contribution in [0.25, 0.3) is 0 Å². The lowest BCUT2D eigenvalue weighted by atomic mass is 10.00. The maximum atomic E-state index is 6.35. The van der Waals surface area contributed by atoms with Gasteiger partial charge < -0.3 is 15.2 Å². The number of benzene rings is 1. The van der Waals surface area contributed by atoms with Crippen LogP contribution < -0.4 is 15.2 Å². The number of methoxy groups -OCH3 is 2. The Bertz CT molecular complexity index is 561. The number of aryl methyl sites for hydroxylation is 1. The van der Waals surface area contributed by atoms with Gasteiger partial charge in [-0.15, -0.1) is 11.3 Å². The van der Waals surface area contributed by atoms with E-state index in [1.165, 1.54) is 4.88 Å². The summed E-state index contributed by atoms with van der Waals surface area (Å²) < 4.78 is 11.6. The van der Waals surface area contributed by atoms with Crippen LogP contribution in [0, 0.1) is 6.92 Å². The molecule has 1 heterocycles. The molecule has 2 aromatic rings. The van der Waals surface area contributed by atoms with Gasteiger partial charge in [0.25, 0.3) is 0 Å². The summed E-state index contributed by atoms with van der Waals surface area (Å²) in [4.78, 5) is 1.21. The highest BCUT2D eigenvalue weighted by Crippen LogP contribution is 2.34. The lowest BCUT2D eigenvalue weighted by Gasteiger charge is -2.15. The molecule has 0 amide bonds. The van der Waals surface area contributed by atoms with E-state index >= 15 is 0 Å². The third-order valence-electron chi connectivity index (χ3n) is 2.99. The zero-order chi connectivity index (χ0) is 14.0. The number of halogens is 1. The van der Waals surface area contributed by atoms with Gasteiger partial charge in [0.05, 0.1) is 24.0 Å². The largest absolute Gasteiger partial charge is 0.497 e. The monoisotopic (exact) mass is 341 g/mol. The maximum Gasteiger partial charge on any atom is 0.122 e. The Balaban J connectivity index is 2.43. The second-order valence-corrected chi connectivity index (χ2v) is 6.82. The summed E-state index contributed by atoms with van der Waals surface area (Å²) in [5.41, 5.74) is 8.45. The van der Waals surface area contributed by atoms with E-state index in [0.29, 0.717) is 0 Å². The molecule has 2 rings (SSSR count). The Morgan fingerprint density at radius 1 is 1.11 bits per heavy atom. The van der Waals surface area contributed by atoms with Crippen LogP contribution in [0.1, 0.15) is 22.0 Å². The summed E-state index contributed by atoms with van der Waals surface area (Å²) in [5.74, 6) is 1.49. The lowest BCUT2D eigenvalue weighted by molar-refractivity contribution is 0.393. The Labute approximate surface area is 125 Å². The lowest BCUT2D eigenvalue weighted by Crippen LogP contribution is -2.12. The summed E-state index contributed by atoms with van der Waals surface area (Å²) in [7, 11) is 3.27. The molecular formula is C14H16BrNO2S. The molecule has 1 atom stereocenters. The van der Waals surface area contributed by atoms with Crippen molar-refractivity contribution in [3.05, 3.63) is 44.1 Å². The first-order valence-electron chi connectivity index (χ1n) is 5.79. The average molecular weight is 342 g/mol. The molecule has 0 spiro atoms. The summed E-state index contributed by atoms with van der Waals surface area (Å²) >= 11 is 5.18. The quantitative estimate of drug-likeness (QED) is 0.917. The van der Waals surface area contributed by atoms with Crippen LogP contribution >= 0.6 is 27.3 Å². The van der Waals surface area contributed by atoms with Gasteiger partial charge in [-0.2, -0.15) is 0 Å². The molecule has 0 aliphatic rings. The summed E-state index contributed by atoms with van der Waals surface area (Å²) in [6.07, 6.45) is 0. The van der Waals surface area contributed by atoms with Gasteiger partial charge in [-0.05, 0) is 52.2 Å². The van der Waals surface area contributed by atoms with Crippen molar-refractivity contribution >= 4 is 27.3 Å². The molecule has 1 aromatic carbocycles. The smallest absolute Gasteiger partial charge is 0.122 e. The van der Waals surface area contributed by atoms with E-state index in [-0.39, 0.29) is 6.04 Å². The zero-order valence-electron chi connectivity index (χ0n) is 11.1. The predicted molar refractivity (Wildman–Crippen MR) is 82.3 cm³/mol. The van der Waals surface area contributed by atoms with Crippen LogP contribution in [0.4, 0.5) is 0 Å². The minimum atomic E-state index is -0.188. The Kier molecular flexibility index (Phi) is 4.50. The minimum Gasteiger partial charge on any atom is -0.497 e. The molecule has 0 radical (unpaired) electrons. The number of thiophene rings is 1. The van der Waals surface area contributed by atoms with Gasteiger partial charge in [0.2, 0.25) is 0 Å². The molecular weight excluding hydrogens is 326 g/mol. The minimum absolute atomic E-state index is 0.188. The molecule has 3 nitrogen and oxygen atoms in total. The number of rotatable bonds is 4. The van der Waals surface area contributed by atoms with Crippen molar-refractivity contribution in [2.75, 3.05) is 14.2 Å². The Morgan fingerprint density at radius 2 is 1.68 bits per heavy atom. The fourth-order valence-electron chi connectivity index (χ4n) is 1.96. The molecule has 0 fully saturated rings. The predicted octanol–water partition coefficient (Wildman–Crippen LogP) is 3.88. The molecule has 0 bridgehead atoms. The van der Waals surface area contributed by atoms with Gasteiger partial charge in [-0.3, -0.25) is 0 Å². The van der Waals surface area contributed by atoms with Crippen LogP contribution in [0.2, 0.25) is 0 Å². The molecule has 0 saturated heterocycles. The van der Waals surface area contributed by atoms with Gasteiger partial charge in [0.15, 0.2) is 0 Å². The van der Waals surface area contributed by atoms with Crippen LogP contribution in [0.5, 0.6) is 11.5 Å². The van der Waals surface area contributed by atoms with E-state index in [1.54, 1.807) is 25.6 Å². The Hall–Kier alpha value is -1.04. The SMILES string of the molecule is COc1cc(OC)cc(C(N)c2cc(Br)sc2C)c1. The third kappa shape index (κ3) is 3.11. The first-order valence-corrected chi connectivity index (χ1v) is 7.40. The molecule has 19 heavy (non-hydrogen) atoms. The van der Waals surface area contributed by atoms with E-state index in [9.17, 15) is 0 Å². The standard InChI is InChI=1S/C14H16BrNO2S/c1-8-12(7-13(15)19-8)14(16)9-4-10(17-2)6-11(5-9)18-3/h4-7,14H,16H2,1-3H3. The first-order chi connectivity index (χ1) is 9.05. The van der Waals surface area contributed by atoms with Crippen LogP contribution in [-0.4, -0.2) is 14.2 Å². The number of hydrogen-bond acceptors (Lipinski definition) is 4. The van der Waals surface area contributed by atoms with Crippen molar-refractivity contribution in [3.63, 3.8) is 0 Å². The van der Waals surface area contributed by atoms with Gasteiger partial charge in [-0.25, -0.2) is 0 Å². The van der Waals surface area contributed by atoms with Crippen molar-refractivity contribution in [3.8, 4) is 11.5 Å². The highest BCUT2D eigenvalue weighted by atomic mass is 79.9. The van der Waals surface area contributed by atoms with Crippen molar-refractivity contribution in [1.29, 1.82) is 0 Å². The first kappa shape index (κ1) is 14.4. The fraction of sp³-hybridized carbons (Fsp3) is 0.286. The highest BCUT2D eigenvalue weighted by molar-refractivity contribution is 9.11. The van der Waals surface area contributed by atoms with E-state index in [1.807, 2.05) is 18.2 Å². The summed E-state index contributed by atoms with van der Waals surface area (Å²) in [5, 5.41) is 0. The third-order valence-corrected chi connectivity index (χ3v) is 4.56. The van der Waals surface area contributed by atoms with Crippen LogP contribution in [0.3, 0.4) is 0 Å². The fourth-order valence-corrected chi connectivity index (χ4v) is 3.71. The van der Waals surface area contributed by atoms with E-state index in [4.69, 9.17) is 15.2 Å². The molecule has 1 aromatic heterocycles. The molecule has 0 aliphatic carbocycles. The number of ether oxygens (including phenoxy) is 2. The molecule has 0 saturated carbocycles. The van der Waals surface area contributed by atoms with Crippen molar-refractivity contribution in [2.45, 2.75) is 13.0 Å². The normalized spacial score (nSPS) is 12.3. The maximum absolute atomic E-state index is 6.35. The molecule has 1 unspecified atom stereocenters. The average Bonchev–Trinajstić information content (AvgIpc) is 2.76. The van der Waals surface area contributed by atoms with Gasteiger partial charge in [-0.1, -0.05) is 0 Å².